The van der Waals surface area contributed by atoms with Crippen molar-refractivity contribution in [3.8, 4) is 0 Å². The van der Waals surface area contributed by atoms with Crippen LogP contribution < -0.4 is 5.32 Å². The molecule has 0 unspecified atom stereocenters. The van der Waals surface area contributed by atoms with Crippen molar-refractivity contribution in [2.75, 3.05) is 11.0 Å². The van der Waals surface area contributed by atoms with Crippen LogP contribution in [-0.2, 0) is 4.79 Å². The highest BCUT2D eigenvalue weighted by atomic mass is 127. The summed E-state index contributed by atoms with van der Waals surface area (Å²) in [6, 6.07) is 0. The van der Waals surface area contributed by atoms with Gasteiger partial charge in [0.15, 0.2) is 0 Å². The minimum absolute atomic E-state index is 0.303. The molecular weight excluding hydrogens is 289 g/mol. The van der Waals surface area contributed by atoms with Crippen molar-refractivity contribution in [3.05, 3.63) is 0 Å². The summed E-state index contributed by atoms with van der Waals surface area (Å²) < 4.78 is 1.23. The second-order valence-electron chi connectivity index (χ2n) is 4.02. The molecule has 0 aromatic rings. The molecule has 0 aromatic heterocycles. The van der Waals surface area contributed by atoms with E-state index in [9.17, 15) is 4.79 Å². The summed E-state index contributed by atoms with van der Waals surface area (Å²) in [7, 11) is 0. The third-order valence-corrected chi connectivity index (χ3v) is 3.60. The molecule has 1 aliphatic rings. The maximum Gasteiger partial charge on any atom is 0.223 e. The van der Waals surface area contributed by atoms with Crippen LogP contribution in [0.4, 0.5) is 0 Å². The lowest BCUT2D eigenvalue weighted by Gasteiger charge is -2.09. The molecule has 1 rings (SSSR count). The van der Waals surface area contributed by atoms with Crippen molar-refractivity contribution in [3.63, 3.8) is 0 Å². The van der Waals surface area contributed by atoms with Gasteiger partial charge in [-0.3, -0.25) is 4.79 Å². The lowest BCUT2D eigenvalue weighted by Crippen LogP contribution is -2.30. The SMILES string of the molecule is O=C(NCCCCCI)C1CCCC1. The highest BCUT2D eigenvalue weighted by molar-refractivity contribution is 14.1. The molecule has 0 heterocycles. The third-order valence-electron chi connectivity index (χ3n) is 2.84. The van der Waals surface area contributed by atoms with Gasteiger partial charge in [-0.25, -0.2) is 0 Å². The van der Waals surface area contributed by atoms with Crippen molar-refractivity contribution in [2.24, 2.45) is 5.92 Å². The predicted molar refractivity (Wildman–Crippen MR) is 67.7 cm³/mol. The van der Waals surface area contributed by atoms with E-state index >= 15 is 0 Å². The molecule has 0 aromatic carbocycles. The Bertz CT molecular complexity index is 167. The minimum atomic E-state index is 0.303. The lowest BCUT2D eigenvalue weighted by atomic mass is 10.1. The maximum absolute atomic E-state index is 11.6. The summed E-state index contributed by atoms with van der Waals surface area (Å²) in [4.78, 5) is 11.6. The number of carbonyl (C=O) groups excluding carboxylic acids is 1. The standard InChI is InChI=1S/C11H20INO/c12-8-4-1-5-9-13-11(14)10-6-2-3-7-10/h10H,1-9H2,(H,13,14). The van der Waals surface area contributed by atoms with Crippen molar-refractivity contribution in [1.29, 1.82) is 0 Å². The van der Waals surface area contributed by atoms with E-state index in [0.29, 0.717) is 11.8 Å². The zero-order valence-electron chi connectivity index (χ0n) is 8.73. The summed E-state index contributed by atoms with van der Waals surface area (Å²) in [5.41, 5.74) is 0. The van der Waals surface area contributed by atoms with Crippen LogP contribution in [0.2, 0.25) is 0 Å². The topological polar surface area (TPSA) is 29.1 Å². The molecule has 1 saturated carbocycles. The Balaban J connectivity index is 1.97. The van der Waals surface area contributed by atoms with E-state index in [1.807, 2.05) is 0 Å². The zero-order chi connectivity index (χ0) is 10.2. The largest absolute Gasteiger partial charge is 0.356 e. The quantitative estimate of drug-likeness (QED) is 0.456. The Morgan fingerprint density at radius 1 is 1.21 bits per heavy atom. The van der Waals surface area contributed by atoms with E-state index in [2.05, 4.69) is 27.9 Å². The number of alkyl halides is 1. The fourth-order valence-electron chi connectivity index (χ4n) is 1.94. The number of hydrogen-bond donors (Lipinski definition) is 1. The van der Waals surface area contributed by atoms with E-state index in [-0.39, 0.29) is 0 Å². The van der Waals surface area contributed by atoms with Crippen molar-refractivity contribution < 1.29 is 4.79 Å². The minimum Gasteiger partial charge on any atom is -0.356 e. The van der Waals surface area contributed by atoms with E-state index in [1.54, 1.807) is 0 Å². The Hall–Kier alpha value is 0.200. The molecule has 0 spiro atoms. The maximum atomic E-state index is 11.6. The lowest BCUT2D eigenvalue weighted by molar-refractivity contribution is -0.124. The predicted octanol–water partition coefficient (Wildman–Crippen LogP) is 2.90. The van der Waals surface area contributed by atoms with Gasteiger partial charge in [-0.2, -0.15) is 0 Å². The molecule has 0 saturated heterocycles. The highest BCUT2D eigenvalue weighted by Crippen LogP contribution is 2.24. The summed E-state index contributed by atoms with van der Waals surface area (Å²) >= 11 is 2.40. The Morgan fingerprint density at radius 3 is 2.57 bits per heavy atom. The summed E-state index contributed by atoms with van der Waals surface area (Å²) in [6.07, 6.45) is 8.37. The van der Waals surface area contributed by atoms with Gasteiger partial charge in [0.25, 0.3) is 0 Å². The zero-order valence-corrected chi connectivity index (χ0v) is 10.9. The summed E-state index contributed by atoms with van der Waals surface area (Å²) in [6.45, 7) is 0.881. The molecule has 1 N–H and O–H groups in total. The Labute approximate surface area is 100 Å². The number of halogens is 1. The highest BCUT2D eigenvalue weighted by Gasteiger charge is 2.21. The van der Waals surface area contributed by atoms with Crippen LogP contribution in [-0.4, -0.2) is 16.9 Å². The van der Waals surface area contributed by atoms with E-state index < -0.39 is 0 Å². The van der Waals surface area contributed by atoms with Gasteiger partial charge in [0.1, 0.15) is 0 Å². The summed E-state index contributed by atoms with van der Waals surface area (Å²) in [5.74, 6) is 0.636. The third kappa shape index (κ3) is 4.62. The number of hydrogen-bond acceptors (Lipinski definition) is 1. The molecule has 14 heavy (non-hydrogen) atoms. The van der Waals surface area contributed by atoms with Crippen molar-refractivity contribution >= 4 is 28.5 Å². The van der Waals surface area contributed by atoms with Crippen LogP contribution >= 0.6 is 22.6 Å². The first kappa shape index (κ1) is 12.3. The normalized spacial score (nSPS) is 17.2. The molecule has 1 fully saturated rings. The average molecular weight is 309 g/mol. The Kier molecular flexibility index (Phi) is 6.56. The van der Waals surface area contributed by atoms with Crippen LogP contribution in [0.1, 0.15) is 44.9 Å². The van der Waals surface area contributed by atoms with Gasteiger partial charge in [0, 0.05) is 12.5 Å². The van der Waals surface area contributed by atoms with Crippen molar-refractivity contribution in [2.45, 2.75) is 44.9 Å². The van der Waals surface area contributed by atoms with E-state index in [0.717, 1.165) is 25.8 Å². The van der Waals surface area contributed by atoms with Gasteiger partial charge < -0.3 is 5.32 Å². The van der Waals surface area contributed by atoms with Gasteiger partial charge in [-0.1, -0.05) is 41.9 Å². The smallest absolute Gasteiger partial charge is 0.223 e. The number of rotatable bonds is 6. The number of carbonyl (C=O) groups is 1. The van der Waals surface area contributed by atoms with Gasteiger partial charge >= 0.3 is 0 Å². The van der Waals surface area contributed by atoms with Crippen LogP contribution in [0.3, 0.4) is 0 Å². The molecule has 0 bridgehead atoms. The fourth-order valence-corrected chi connectivity index (χ4v) is 2.48. The van der Waals surface area contributed by atoms with Gasteiger partial charge in [-0.15, -0.1) is 0 Å². The first-order chi connectivity index (χ1) is 6.84. The molecule has 1 aliphatic carbocycles. The van der Waals surface area contributed by atoms with Gasteiger partial charge in [0.2, 0.25) is 5.91 Å². The van der Waals surface area contributed by atoms with Crippen LogP contribution in [0.25, 0.3) is 0 Å². The Morgan fingerprint density at radius 2 is 1.93 bits per heavy atom. The van der Waals surface area contributed by atoms with Crippen LogP contribution in [0.5, 0.6) is 0 Å². The summed E-state index contributed by atoms with van der Waals surface area (Å²) in [5, 5.41) is 3.04. The fraction of sp³-hybridized carbons (Fsp3) is 0.909. The van der Waals surface area contributed by atoms with Crippen molar-refractivity contribution in [1.82, 2.24) is 5.32 Å². The number of unbranched alkanes of at least 4 members (excludes halogenated alkanes) is 2. The average Bonchev–Trinajstić information content (AvgIpc) is 2.70. The second kappa shape index (κ2) is 7.49. The molecule has 1 amide bonds. The molecule has 0 atom stereocenters. The van der Waals surface area contributed by atoms with E-state index in [4.69, 9.17) is 0 Å². The number of nitrogens with one attached hydrogen (secondary N) is 1. The molecule has 2 nitrogen and oxygen atoms in total. The van der Waals surface area contributed by atoms with Gasteiger partial charge in [-0.05, 0) is 30.1 Å². The first-order valence-electron chi connectivity index (χ1n) is 5.68. The van der Waals surface area contributed by atoms with E-state index in [1.165, 1.54) is 30.1 Å². The molecular formula is C11H20INO. The van der Waals surface area contributed by atoms with Crippen LogP contribution in [0.15, 0.2) is 0 Å². The van der Waals surface area contributed by atoms with Gasteiger partial charge in [0.05, 0.1) is 0 Å². The molecule has 82 valence electrons. The number of amides is 1. The van der Waals surface area contributed by atoms with Crippen LogP contribution in [0, 0.1) is 5.92 Å². The molecule has 3 heteroatoms. The monoisotopic (exact) mass is 309 g/mol. The second-order valence-corrected chi connectivity index (χ2v) is 5.10. The molecule has 0 radical (unpaired) electrons. The molecule has 0 aliphatic heterocycles. The first-order valence-corrected chi connectivity index (χ1v) is 7.21.